The van der Waals surface area contributed by atoms with Gasteiger partial charge in [-0.3, -0.25) is 14.6 Å². The van der Waals surface area contributed by atoms with Crippen LogP contribution in [0.3, 0.4) is 0 Å². The summed E-state index contributed by atoms with van der Waals surface area (Å²) in [6.45, 7) is 4.30. The first kappa shape index (κ1) is 14.2. The van der Waals surface area contributed by atoms with Gasteiger partial charge in [-0.2, -0.15) is 0 Å². The number of nitrogens with zero attached hydrogens (tertiary/aromatic N) is 2. The molecule has 0 spiro atoms. The lowest BCUT2D eigenvalue weighted by atomic mass is 10.2. The molecule has 0 aliphatic rings. The molecule has 0 fully saturated rings. The number of ether oxygens (including phenoxy) is 1. The Balaban J connectivity index is 2.85. The standard InChI is InChI=1S/C13H18N2O3/c1-4-5-15(9-12(16)18-3)13(17)11-6-10(2)7-14-8-11/h6-8H,4-5,9H2,1-3H3. The Labute approximate surface area is 107 Å². The van der Waals surface area contributed by atoms with E-state index in [1.54, 1.807) is 12.3 Å². The molecule has 1 heterocycles. The van der Waals surface area contributed by atoms with E-state index in [2.05, 4.69) is 9.72 Å². The largest absolute Gasteiger partial charge is 0.468 e. The first-order chi connectivity index (χ1) is 8.58. The summed E-state index contributed by atoms with van der Waals surface area (Å²) in [6, 6.07) is 1.76. The van der Waals surface area contributed by atoms with Crippen molar-refractivity contribution >= 4 is 11.9 Å². The second kappa shape index (κ2) is 6.74. The number of esters is 1. The lowest BCUT2D eigenvalue weighted by Crippen LogP contribution is -2.36. The summed E-state index contributed by atoms with van der Waals surface area (Å²) >= 11 is 0. The van der Waals surface area contributed by atoms with Gasteiger partial charge < -0.3 is 9.64 Å². The Morgan fingerprint density at radius 1 is 1.39 bits per heavy atom. The number of carbonyl (C=O) groups is 2. The van der Waals surface area contributed by atoms with Crippen molar-refractivity contribution in [2.75, 3.05) is 20.2 Å². The monoisotopic (exact) mass is 250 g/mol. The van der Waals surface area contributed by atoms with Crippen LogP contribution in [-0.2, 0) is 9.53 Å². The van der Waals surface area contributed by atoms with Crippen LogP contribution < -0.4 is 0 Å². The molecule has 0 atom stereocenters. The van der Waals surface area contributed by atoms with E-state index in [4.69, 9.17) is 0 Å². The molecule has 0 aliphatic carbocycles. The molecule has 0 saturated carbocycles. The predicted molar refractivity (Wildman–Crippen MR) is 67.2 cm³/mol. The quantitative estimate of drug-likeness (QED) is 0.741. The number of rotatable bonds is 5. The first-order valence-corrected chi connectivity index (χ1v) is 5.86. The van der Waals surface area contributed by atoms with Crippen LogP contribution in [-0.4, -0.2) is 42.0 Å². The third-order valence-electron chi connectivity index (χ3n) is 2.45. The lowest BCUT2D eigenvalue weighted by molar-refractivity contribution is -0.141. The van der Waals surface area contributed by atoms with Crippen LogP contribution >= 0.6 is 0 Å². The van der Waals surface area contributed by atoms with E-state index in [1.165, 1.54) is 18.2 Å². The van der Waals surface area contributed by atoms with Gasteiger partial charge in [0, 0.05) is 18.9 Å². The number of amides is 1. The molecular formula is C13H18N2O3. The molecule has 0 bridgehead atoms. The lowest BCUT2D eigenvalue weighted by Gasteiger charge is -2.20. The summed E-state index contributed by atoms with van der Waals surface area (Å²) in [5, 5.41) is 0. The molecule has 0 N–H and O–H groups in total. The molecule has 0 aliphatic heterocycles. The summed E-state index contributed by atoms with van der Waals surface area (Å²) in [5.41, 5.74) is 1.41. The second-order valence-electron chi connectivity index (χ2n) is 4.05. The van der Waals surface area contributed by atoms with Crippen LogP contribution in [0.5, 0.6) is 0 Å². The van der Waals surface area contributed by atoms with Crippen LogP contribution in [0.1, 0.15) is 29.3 Å². The van der Waals surface area contributed by atoms with E-state index < -0.39 is 5.97 Å². The molecule has 5 nitrogen and oxygen atoms in total. The smallest absolute Gasteiger partial charge is 0.325 e. The third-order valence-corrected chi connectivity index (χ3v) is 2.45. The minimum Gasteiger partial charge on any atom is -0.468 e. The Hall–Kier alpha value is -1.91. The van der Waals surface area contributed by atoms with Gasteiger partial charge in [0.2, 0.25) is 0 Å². The second-order valence-corrected chi connectivity index (χ2v) is 4.05. The van der Waals surface area contributed by atoms with Crippen LogP contribution in [0, 0.1) is 6.92 Å². The molecule has 0 radical (unpaired) electrons. The Morgan fingerprint density at radius 3 is 2.67 bits per heavy atom. The predicted octanol–water partition coefficient (Wildman–Crippen LogP) is 1.42. The molecule has 18 heavy (non-hydrogen) atoms. The van der Waals surface area contributed by atoms with Gasteiger partial charge >= 0.3 is 5.97 Å². The van der Waals surface area contributed by atoms with Crippen molar-refractivity contribution in [3.8, 4) is 0 Å². The number of aryl methyl sites for hydroxylation is 1. The molecule has 1 aromatic rings. The van der Waals surface area contributed by atoms with E-state index >= 15 is 0 Å². The van der Waals surface area contributed by atoms with Gasteiger partial charge in [0.05, 0.1) is 12.7 Å². The van der Waals surface area contributed by atoms with Gasteiger partial charge in [-0.25, -0.2) is 0 Å². The molecule has 0 saturated heterocycles. The van der Waals surface area contributed by atoms with E-state index in [9.17, 15) is 9.59 Å². The fourth-order valence-electron chi connectivity index (χ4n) is 1.60. The van der Waals surface area contributed by atoms with Crippen molar-refractivity contribution in [2.24, 2.45) is 0 Å². The molecule has 1 rings (SSSR count). The Bertz CT molecular complexity index is 432. The van der Waals surface area contributed by atoms with Crippen LogP contribution in [0.25, 0.3) is 0 Å². The number of aromatic nitrogens is 1. The van der Waals surface area contributed by atoms with E-state index in [0.29, 0.717) is 12.1 Å². The van der Waals surface area contributed by atoms with Crippen LogP contribution in [0.4, 0.5) is 0 Å². The maximum Gasteiger partial charge on any atom is 0.325 e. The highest BCUT2D eigenvalue weighted by molar-refractivity contribution is 5.95. The number of carbonyl (C=O) groups excluding carboxylic acids is 2. The molecular weight excluding hydrogens is 232 g/mol. The SMILES string of the molecule is CCCN(CC(=O)OC)C(=O)c1cncc(C)c1. The topological polar surface area (TPSA) is 59.5 Å². The molecule has 1 aromatic heterocycles. The minimum atomic E-state index is -0.419. The van der Waals surface area contributed by atoms with E-state index in [0.717, 1.165) is 12.0 Å². The highest BCUT2D eigenvalue weighted by atomic mass is 16.5. The van der Waals surface area contributed by atoms with Crippen molar-refractivity contribution < 1.29 is 14.3 Å². The average molecular weight is 250 g/mol. The van der Waals surface area contributed by atoms with E-state index in [1.807, 2.05) is 13.8 Å². The number of methoxy groups -OCH3 is 1. The fourth-order valence-corrected chi connectivity index (χ4v) is 1.60. The number of hydrogen-bond acceptors (Lipinski definition) is 4. The maximum absolute atomic E-state index is 12.2. The van der Waals surface area contributed by atoms with Gasteiger partial charge in [-0.05, 0) is 25.0 Å². The van der Waals surface area contributed by atoms with Gasteiger partial charge in [0.25, 0.3) is 5.91 Å². The zero-order valence-corrected chi connectivity index (χ0v) is 11.0. The van der Waals surface area contributed by atoms with Crippen LogP contribution in [0.2, 0.25) is 0 Å². The van der Waals surface area contributed by atoms with Gasteiger partial charge in [0.1, 0.15) is 6.54 Å². The van der Waals surface area contributed by atoms with Crippen molar-refractivity contribution in [3.63, 3.8) is 0 Å². The van der Waals surface area contributed by atoms with Gasteiger partial charge in [-0.1, -0.05) is 6.92 Å². The highest BCUT2D eigenvalue weighted by Crippen LogP contribution is 2.07. The summed E-state index contributed by atoms with van der Waals surface area (Å²) in [4.78, 5) is 28.9. The van der Waals surface area contributed by atoms with Gasteiger partial charge in [0.15, 0.2) is 0 Å². The molecule has 98 valence electrons. The fraction of sp³-hybridized carbons (Fsp3) is 0.462. The highest BCUT2D eigenvalue weighted by Gasteiger charge is 2.18. The summed E-state index contributed by atoms with van der Waals surface area (Å²) < 4.78 is 4.59. The first-order valence-electron chi connectivity index (χ1n) is 5.86. The van der Waals surface area contributed by atoms with Crippen molar-refractivity contribution in [2.45, 2.75) is 20.3 Å². The van der Waals surface area contributed by atoms with Crippen LogP contribution in [0.15, 0.2) is 18.5 Å². The molecule has 5 heteroatoms. The molecule has 1 amide bonds. The van der Waals surface area contributed by atoms with Crippen molar-refractivity contribution in [3.05, 3.63) is 29.6 Å². The third kappa shape index (κ3) is 3.84. The summed E-state index contributed by atoms with van der Waals surface area (Å²) in [6.07, 6.45) is 3.97. The zero-order chi connectivity index (χ0) is 13.5. The van der Waals surface area contributed by atoms with E-state index in [-0.39, 0.29) is 12.5 Å². The zero-order valence-electron chi connectivity index (χ0n) is 11.0. The Kier molecular flexibility index (Phi) is 5.30. The molecule has 0 aromatic carbocycles. The normalized spacial score (nSPS) is 9.94. The number of pyridine rings is 1. The average Bonchev–Trinajstić information content (AvgIpc) is 2.37. The minimum absolute atomic E-state index is 0.0306. The Morgan fingerprint density at radius 2 is 2.11 bits per heavy atom. The summed E-state index contributed by atoms with van der Waals surface area (Å²) in [5.74, 6) is -0.615. The molecule has 0 unspecified atom stereocenters. The maximum atomic E-state index is 12.2. The number of hydrogen-bond donors (Lipinski definition) is 0. The van der Waals surface area contributed by atoms with Crippen molar-refractivity contribution in [1.82, 2.24) is 9.88 Å². The van der Waals surface area contributed by atoms with Crippen molar-refractivity contribution in [1.29, 1.82) is 0 Å². The summed E-state index contributed by atoms with van der Waals surface area (Å²) in [7, 11) is 1.31. The van der Waals surface area contributed by atoms with Gasteiger partial charge in [-0.15, -0.1) is 0 Å².